The van der Waals surface area contributed by atoms with Crippen LogP contribution in [-0.4, -0.2) is 57.7 Å². The normalized spacial score (nSPS) is 10.8. The fraction of sp³-hybridized carbons (Fsp3) is 0.467. The highest BCUT2D eigenvalue weighted by atomic mass is 127. The number of amides is 1. The van der Waals surface area contributed by atoms with Gasteiger partial charge in [-0.2, -0.15) is 0 Å². The van der Waals surface area contributed by atoms with Crippen molar-refractivity contribution in [1.82, 2.24) is 15.5 Å². The molecule has 24 heavy (non-hydrogen) atoms. The van der Waals surface area contributed by atoms with Crippen molar-refractivity contribution in [2.24, 2.45) is 4.99 Å². The lowest BCUT2D eigenvalue weighted by Gasteiger charge is -2.22. The second-order valence-corrected chi connectivity index (χ2v) is 5.66. The lowest BCUT2D eigenvalue weighted by atomic mass is 10.2. The highest BCUT2D eigenvalue weighted by molar-refractivity contribution is 14.0. The number of hydrogen-bond donors (Lipinski definition) is 2. The maximum absolute atomic E-state index is 11.7. The Bertz CT molecular complexity index is 558. The number of guanidine groups is 1. The molecule has 0 spiro atoms. The van der Waals surface area contributed by atoms with E-state index in [1.54, 1.807) is 20.2 Å². The van der Waals surface area contributed by atoms with E-state index in [0.29, 0.717) is 35.7 Å². The number of nitrogens with one attached hydrogen (secondary N) is 2. The second kappa shape index (κ2) is 12.6. The highest BCUT2D eigenvalue weighted by Gasteiger charge is 2.09. The van der Waals surface area contributed by atoms with Crippen molar-refractivity contribution in [2.45, 2.75) is 6.54 Å². The van der Waals surface area contributed by atoms with Gasteiger partial charge in [0.15, 0.2) is 5.96 Å². The average molecular weight is 489 g/mol. The number of ether oxygens (including phenoxy) is 1. The van der Waals surface area contributed by atoms with Gasteiger partial charge in [0.25, 0.3) is 0 Å². The first-order chi connectivity index (χ1) is 11.0. The molecular weight excluding hydrogens is 466 g/mol. The topological polar surface area (TPSA) is 66.0 Å². The Balaban J connectivity index is 0.00000529. The third-order valence-corrected chi connectivity index (χ3v) is 3.75. The largest absolute Gasteiger partial charge is 0.383 e. The quantitative estimate of drug-likeness (QED) is 0.267. The van der Waals surface area contributed by atoms with Gasteiger partial charge in [-0.3, -0.25) is 9.79 Å². The molecule has 6 nitrogen and oxygen atoms in total. The van der Waals surface area contributed by atoms with E-state index in [0.717, 1.165) is 5.56 Å². The molecule has 0 heterocycles. The smallest absolute Gasteiger partial charge is 0.239 e. The van der Waals surface area contributed by atoms with Crippen LogP contribution < -0.4 is 10.6 Å². The summed E-state index contributed by atoms with van der Waals surface area (Å²) in [6.45, 7) is 1.69. The molecule has 0 saturated carbocycles. The Morgan fingerprint density at radius 1 is 1.29 bits per heavy atom. The summed E-state index contributed by atoms with van der Waals surface area (Å²) in [5.74, 6) is 0.490. The maximum atomic E-state index is 11.7. The molecule has 0 aliphatic heterocycles. The first-order valence-corrected chi connectivity index (χ1v) is 7.85. The van der Waals surface area contributed by atoms with Crippen molar-refractivity contribution in [2.75, 3.05) is 40.9 Å². The van der Waals surface area contributed by atoms with Crippen LogP contribution >= 0.6 is 47.2 Å². The molecule has 0 fully saturated rings. The molecule has 1 aromatic rings. The van der Waals surface area contributed by atoms with Crippen LogP contribution in [0, 0.1) is 0 Å². The molecule has 0 bridgehead atoms. The summed E-state index contributed by atoms with van der Waals surface area (Å²) in [5, 5.41) is 6.77. The van der Waals surface area contributed by atoms with E-state index in [4.69, 9.17) is 27.9 Å². The number of carbonyl (C=O) groups is 1. The molecule has 136 valence electrons. The second-order valence-electron chi connectivity index (χ2n) is 4.85. The predicted molar refractivity (Wildman–Crippen MR) is 110 cm³/mol. The lowest BCUT2D eigenvalue weighted by molar-refractivity contribution is -0.120. The number of aliphatic imine (C=N–C) groups is 1. The first kappa shape index (κ1) is 23.2. The van der Waals surface area contributed by atoms with Crippen LogP contribution in [0.1, 0.15) is 5.56 Å². The van der Waals surface area contributed by atoms with E-state index in [1.165, 1.54) is 0 Å². The average Bonchev–Trinajstić information content (AvgIpc) is 2.52. The Morgan fingerprint density at radius 3 is 2.58 bits per heavy atom. The first-order valence-electron chi connectivity index (χ1n) is 7.09. The van der Waals surface area contributed by atoms with Crippen molar-refractivity contribution in [1.29, 1.82) is 0 Å². The van der Waals surface area contributed by atoms with Crippen molar-refractivity contribution >= 4 is 59.0 Å². The van der Waals surface area contributed by atoms with Gasteiger partial charge in [-0.05, 0) is 17.7 Å². The third kappa shape index (κ3) is 8.36. The molecule has 9 heteroatoms. The van der Waals surface area contributed by atoms with E-state index >= 15 is 0 Å². The molecule has 0 saturated heterocycles. The van der Waals surface area contributed by atoms with Crippen molar-refractivity contribution in [3.63, 3.8) is 0 Å². The van der Waals surface area contributed by atoms with Gasteiger partial charge in [-0.25, -0.2) is 0 Å². The van der Waals surface area contributed by atoms with Crippen molar-refractivity contribution in [3.8, 4) is 0 Å². The molecule has 0 aliphatic rings. The Morgan fingerprint density at radius 2 is 2.00 bits per heavy atom. The summed E-state index contributed by atoms with van der Waals surface area (Å²) < 4.78 is 4.87. The fourth-order valence-electron chi connectivity index (χ4n) is 1.89. The Hall–Kier alpha value is -0.770. The van der Waals surface area contributed by atoms with E-state index in [1.807, 2.05) is 24.1 Å². The fourth-order valence-corrected chi connectivity index (χ4v) is 2.21. The minimum atomic E-state index is -0.119. The van der Waals surface area contributed by atoms with E-state index in [2.05, 4.69) is 15.6 Å². The molecule has 1 aromatic carbocycles. The zero-order valence-electron chi connectivity index (χ0n) is 13.9. The number of nitrogens with zero attached hydrogens (tertiary/aromatic N) is 2. The molecule has 0 atom stereocenters. The summed E-state index contributed by atoms with van der Waals surface area (Å²) >= 11 is 11.9. The maximum Gasteiger partial charge on any atom is 0.239 e. The molecular formula is C15H23Cl2IN4O2. The van der Waals surface area contributed by atoms with Gasteiger partial charge in [0.2, 0.25) is 5.91 Å². The number of rotatable bonds is 7. The summed E-state index contributed by atoms with van der Waals surface area (Å²) in [7, 11) is 5.13. The third-order valence-electron chi connectivity index (χ3n) is 3.01. The molecule has 1 rings (SSSR count). The number of benzene rings is 1. The minimum absolute atomic E-state index is 0. The molecule has 0 aromatic heterocycles. The van der Waals surface area contributed by atoms with Crippen LogP contribution in [0.25, 0.3) is 0 Å². The van der Waals surface area contributed by atoms with E-state index in [-0.39, 0.29) is 36.4 Å². The van der Waals surface area contributed by atoms with Crippen molar-refractivity contribution < 1.29 is 9.53 Å². The number of hydrogen-bond acceptors (Lipinski definition) is 3. The minimum Gasteiger partial charge on any atom is -0.383 e. The van der Waals surface area contributed by atoms with Gasteiger partial charge in [0, 0.05) is 34.3 Å². The van der Waals surface area contributed by atoms with Gasteiger partial charge in [-0.15, -0.1) is 24.0 Å². The van der Waals surface area contributed by atoms with Gasteiger partial charge in [0.1, 0.15) is 0 Å². The standard InChI is InChI=1S/C15H22Cl2N4O2.HI/c1-18-15(20-9-14(22)19-6-7-23-3)21(2)10-11-4-5-12(16)13(17)8-11;/h4-5,8H,6-7,9-10H2,1-3H3,(H,18,20)(H,19,22);1H. The van der Waals surface area contributed by atoms with Crippen molar-refractivity contribution in [3.05, 3.63) is 33.8 Å². The molecule has 2 N–H and O–H groups in total. The highest BCUT2D eigenvalue weighted by Crippen LogP contribution is 2.23. The Kier molecular flexibility index (Phi) is 12.2. The van der Waals surface area contributed by atoms with Gasteiger partial charge in [-0.1, -0.05) is 29.3 Å². The number of methoxy groups -OCH3 is 1. The van der Waals surface area contributed by atoms with E-state index in [9.17, 15) is 4.79 Å². The van der Waals surface area contributed by atoms with Crippen LogP contribution in [0.3, 0.4) is 0 Å². The van der Waals surface area contributed by atoms with Crippen LogP contribution in [0.2, 0.25) is 10.0 Å². The van der Waals surface area contributed by atoms with Gasteiger partial charge in [0.05, 0.1) is 23.2 Å². The monoisotopic (exact) mass is 488 g/mol. The molecule has 1 amide bonds. The summed E-state index contributed by atoms with van der Waals surface area (Å²) in [5.41, 5.74) is 0.995. The number of carbonyl (C=O) groups excluding carboxylic acids is 1. The van der Waals surface area contributed by atoms with E-state index < -0.39 is 0 Å². The van der Waals surface area contributed by atoms with Gasteiger partial charge >= 0.3 is 0 Å². The zero-order valence-corrected chi connectivity index (χ0v) is 17.8. The van der Waals surface area contributed by atoms with Crippen LogP contribution in [0.4, 0.5) is 0 Å². The van der Waals surface area contributed by atoms with Gasteiger partial charge < -0.3 is 20.3 Å². The van der Waals surface area contributed by atoms with Crippen LogP contribution in [-0.2, 0) is 16.1 Å². The molecule has 0 aliphatic carbocycles. The van der Waals surface area contributed by atoms with Crippen LogP contribution in [0.5, 0.6) is 0 Å². The summed E-state index contributed by atoms with van der Waals surface area (Å²) in [6, 6.07) is 5.47. The molecule has 0 radical (unpaired) electrons. The van der Waals surface area contributed by atoms with Crippen LogP contribution in [0.15, 0.2) is 23.2 Å². The summed E-state index contributed by atoms with van der Waals surface area (Å²) in [4.78, 5) is 17.7. The lowest BCUT2D eigenvalue weighted by Crippen LogP contribution is -2.44. The predicted octanol–water partition coefficient (Wildman–Crippen LogP) is 2.38. The summed E-state index contributed by atoms with van der Waals surface area (Å²) in [6.07, 6.45) is 0. The zero-order chi connectivity index (χ0) is 17.2. The number of halogens is 3. The SMILES string of the molecule is CN=C(NCC(=O)NCCOC)N(C)Cc1ccc(Cl)c(Cl)c1.I. The molecule has 0 unspecified atom stereocenters. The Labute approximate surface area is 169 Å².